The van der Waals surface area contributed by atoms with Gasteiger partial charge in [-0.25, -0.2) is 13.1 Å². The molecule has 2 aliphatic rings. The van der Waals surface area contributed by atoms with Crippen LogP contribution in [0.1, 0.15) is 24.0 Å². The number of fused-ring (bicyclic) bond motifs is 1. The van der Waals surface area contributed by atoms with Gasteiger partial charge in [-0.1, -0.05) is 6.07 Å². The van der Waals surface area contributed by atoms with Crippen LogP contribution in [0, 0.1) is 0 Å². The van der Waals surface area contributed by atoms with Crippen molar-refractivity contribution in [2.24, 2.45) is 0 Å². The van der Waals surface area contributed by atoms with E-state index in [4.69, 9.17) is 4.74 Å². The Hall–Kier alpha value is -1.48. The van der Waals surface area contributed by atoms with E-state index in [1.807, 2.05) is 0 Å². The van der Waals surface area contributed by atoms with Gasteiger partial charge in [-0.3, -0.25) is 4.79 Å². The lowest BCUT2D eigenvalue weighted by atomic mass is 10.1. The number of ether oxygens (including phenoxy) is 1. The molecule has 23 heavy (non-hydrogen) atoms. The van der Waals surface area contributed by atoms with Crippen LogP contribution < -0.4 is 15.4 Å². The average molecular weight is 339 g/mol. The molecule has 0 unspecified atom stereocenters. The standard InChI is InChI=1S/C15H21N3O4S/c19-15(18-13-2-1-5-16-7-13)8-17-23(20,21)14-4-3-11-9-22-10-12(11)6-14/h3-4,6,13,16-17H,1-2,5,7-10H2,(H,18,19)/t13-/m0/s1. The maximum absolute atomic E-state index is 12.3. The van der Waals surface area contributed by atoms with Gasteiger partial charge in [0.05, 0.1) is 24.7 Å². The van der Waals surface area contributed by atoms with Gasteiger partial charge in [0.1, 0.15) is 0 Å². The summed E-state index contributed by atoms with van der Waals surface area (Å²) in [5, 5.41) is 6.03. The summed E-state index contributed by atoms with van der Waals surface area (Å²) < 4.78 is 32.2. The van der Waals surface area contributed by atoms with Crippen LogP contribution in [0.3, 0.4) is 0 Å². The molecule has 2 heterocycles. The second-order valence-electron chi connectivity index (χ2n) is 5.86. The van der Waals surface area contributed by atoms with Crippen molar-refractivity contribution in [2.45, 2.75) is 37.0 Å². The van der Waals surface area contributed by atoms with Crippen LogP contribution in [0.4, 0.5) is 0 Å². The molecular weight excluding hydrogens is 318 g/mol. The fourth-order valence-electron chi connectivity index (χ4n) is 2.81. The number of carbonyl (C=O) groups excluding carboxylic acids is 1. The predicted octanol–water partition coefficient (Wildman–Crippen LogP) is -0.137. The van der Waals surface area contributed by atoms with Crippen LogP contribution in [0.5, 0.6) is 0 Å². The first-order chi connectivity index (χ1) is 11.0. The number of benzene rings is 1. The summed E-state index contributed by atoms with van der Waals surface area (Å²) >= 11 is 0. The van der Waals surface area contributed by atoms with Gasteiger partial charge in [0.15, 0.2) is 0 Å². The summed E-state index contributed by atoms with van der Waals surface area (Å²) in [7, 11) is -3.70. The van der Waals surface area contributed by atoms with Crippen LogP contribution in [0.25, 0.3) is 0 Å². The quantitative estimate of drug-likeness (QED) is 0.694. The molecule has 1 saturated heterocycles. The van der Waals surface area contributed by atoms with Crippen molar-refractivity contribution in [3.8, 4) is 0 Å². The Bertz CT molecular complexity index is 684. The molecule has 2 aliphatic heterocycles. The maximum atomic E-state index is 12.3. The summed E-state index contributed by atoms with van der Waals surface area (Å²) in [4.78, 5) is 12.1. The van der Waals surface area contributed by atoms with Crippen LogP contribution in [0.2, 0.25) is 0 Å². The monoisotopic (exact) mass is 339 g/mol. The third-order valence-corrected chi connectivity index (χ3v) is 5.49. The molecule has 1 fully saturated rings. The molecule has 1 atom stereocenters. The highest BCUT2D eigenvalue weighted by molar-refractivity contribution is 7.89. The lowest BCUT2D eigenvalue weighted by Gasteiger charge is -2.23. The molecule has 1 aromatic rings. The van der Waals surface area contributed by atoms with Gasteiger partial charge in [0, 0.05) is 12.6 Å². The van der Waals surface area contributed by atoms with Crippen molar-refractivity contribution in [3.05, 3.63) is 29.3 Å². The van der Waals surface area contributed by atoms with E-state index in [0.717, 1.165) is 37.1 Å². The summed E-state index contributed by atoms with van der Waals surface area (Å²) in [6, 6.07) is 4.97. The van der Waals surface area contributed by atoms with E-state index in [1.165, 1.54) is 0 Å². The van der Waals surface area contributed by atoms with Crippen LogP contribution in [0.15, 0.2) is 23.1 Å². The third-order valence-electron chi connectivity index (χ3n) is 4.09. The van der Waals surface area contributed by atoms with E-state index in [9.17, 15) is 13.2 Å². The van der Waals surface area contributed by atoms with Crippen molar-refractivity contribution in [1.29, 1.82) is 0 Å². The Labute approximate surface area is 135 Å². The SMILES string of the molecule is O=C(CNS(=O)(=O)c1ccc2c(c1)COC2)N[C@H]1CCCNC1. The summed E-state index contributed by atoms with van der Waals surface area (Å²) in [6.45, 7) is 2.37. The van der Waals surface area contributed by atoms with E-state index in [-0.39, 0.29) is 23.4 Å². The van der Waals surface area contributed by atoms with Crippen LogP contribution in [-0.4, -0.2) is 40.0 Å². The Kier molecular flexibility index (Phi) is 4.96. The summed E-state index contributed by atoms with van der Waals surface area (Å²) in [6.07, 6.45) is 1.92. The molecule has 0 radical (unpaired) electrons. The number of carbonyl (C=O) groups is 1. The zero-order valence-corrected chi connectivity index (χ0v) is 13.6. The molecule has 0 spiro atoms. The van der Waals surface area contributed by atoms with Crippen molar-refractivity contribution in [3.63, 3.8) is 0 Å². The molecule has 3 N–H and O–H groups in total. The largest absolute Gasteiger partial charge is 0.372 e. The Balaban J connectivity index is 1.57. The maximum Gasteiger partial charge on any atom is 0.241 e. The van der Waals surface area contributed by atoms with Crippen LogP contribution in [-0.2, 0) is 32.8 Å². The average Bonchev–Trinajstić information content (AvgIpc) is 3.02. The van der Waals surface area contributed by atoms with Crippen molar-refractivity contribution in [2.75, 3.05) is 19.6 Å². The Morgan fingerprint density at radius 3 is 2.91 bits per heavy atom. The van der Waals surface area contributed by atoms with Gasteiger partial charge in [-0.2, -0.15) is 0 Å². The minimum atomic E-state index is -3.70. The van der Waals surface area contributed by atoms with Crippen molar-refractivity contribution in [1.82, 2.24) is 15.4 Å². The zero-order valence-electron chi connectivity index (χ0n) is 12.8. The minimum Gasteiger partial charge on any atom is -0.372 e. The summed E-state index contributed by atoms with van der Waals surface area (Å²) in [5.41, 5.74) is 1.89. The van der Waals surface area contributed by atoms with Gasteiger partial charge < -0.3 is 15.4 Å². The third kappa shape index (κ3) is 4.08. The molecule has 0 saturated carbocycles. The number of hydrogen-bond acceptors (Lipinski definition) is 5. The van der Waals surface area contributed by atoms with Gasteiger partial charge >= 0.3 is 0 Å². The first kappa shape index (κ1) is 16.4. The zero-order chi connectivity index (χ0) is 16.3. The number of amides is 1. The molecule has 1 aromatic carbocycles. The normalized spacial score (nSPS) is 21.0. The molecule has 3 rings (SSSR count). The number of piperidine rings is 1. The number of sulfonamides is 1. The van der Waals surface area contributed by atoms with E-state index < -0.39 is 10.0 Å². The second-order valence-corrected chi connectivity index (χ2v) is 7.63. The molecular formula is C15H21N3O4S. The van der Waals surface area contributed by atoms with Crippen LogP contribution >= 0.6 is 0 Å². The highest BCUT2D eigenvalue weighted by atomic mass is 32.2. The predicted molar refractivity (Wildman–Crippen MR) is 84.2 cm³/mol. The first-order valence-corrected chi connectivity index (χ1v) is 9.22. The van der Waals surface area contributed by atoms with E-state index in [2.05, 4.69) is 15.4 Å². The van der Waals surface area contributed by atoms with Crippen molar-refractivity contribution < 1.29 is 17.9 Å². The van der Waals surface area contributed by atoms with Gasteiger partial charge in [0.25, 0.3) is 0 Å². The lowest BCUT2D eigenvalue weighted by molar-refractivity contribution is -0.120. The lowest BCUT2D eigenvalue weighted by Crippen LogP contribution is -2.48. The molecule has 126 valence electrons. The van der Waals surface area contributed by atoms with Gasteiger partial charge in [0.2, 0.25) is 15.9 Å². The topological polar surface area (TPSA) is 96.5 Å². The molecule has 7 nitrogen and oxygen atoms in total. The minimum absolute atomic E-state index is 0.0675. The first-order valence-electron chi connectivity index (χ1n) is 7.74. The second kappa shape index (κ2) is 6.96. The van der Waals surface area contributed by atoms with E-state index in [1.54, 1.807) is 18.2 Å². The number of hydrogen-bond donors (Lipinski definition) is 3. The fourth-order valence-corrected chi connectivity index (χ4v) is 3.85. The highest BCUT2D eigenvalue weighted by Gasteiger charge is 2.21. The molecule has 0 aromatic heterocycles. The number of nitrogens with one attached hydrogen (secondary N) is 3. The van der Waals surface area contributed by atoms with Gasteiger partial charge in [-0.05, 0) is 42.6 Å². The smallest absolute Gasteiger partial charge is 0.241 e. The Morgan fingerprint density at radius 2 is 2.13 bits per heavy atom. The molecule has 1 amide bonds. The summed E-state index contributed by atoms with van der Waals surface area (Å²) in [5.74, 6) is -0.313. The highest BCUT2D eigenvalue weighted by Crippen LogP contribution is 2.22. The molecule has 8 heteroatoms. The fraction of sp³-hybridized carbons (Fsp3) is 0.533. The van der Waals surface area contributed by atoms with E-state index in [0.29, 0.717) is 13.2 Å². The van der Waals surface area contributed by atoms with Gasteiger partial charge in [-0.15, -0.1) is 0 Å². The van der Waals surface area contributed by atoms with Crippen molar-refractivity contribution >= 4 is 15.9 Å². The number of rotatable bonds is 5. The Morgan fingerprint density at radius 1 is 1.30 bits per heavy atom. The molecule has 0 aliphatic carbocycles. The molecule has 0 bridgehead atoms. The van der Waals surface area contributed by atoms with E-state index >= 15 is 0 Å².